The summed E-state index contributed by atoms with van der Waals surface area (Å²) in [5.41, 5.74) is -0.602. The minimum Gasteiger partial charge on any atom is -0.494 e. The van der Waals surface area contributed by atoms with E-state index in [-0.39, 0.29) is 18.3 Å². The molecule has 0 aliphatic heterocycles. The molecule has 2 N–H and O–H groups in total. The fourth-order valence-electron chi connectivity index (χ4n) is 1.43. The molecule has 0 fully saturated rings. The normalized spacial score (nSPS) is 11.2. The Bertz CT molecular complexity index is 404. The average molecular weight is 269 g/mol. The highest BCUT2D eigenvalue weighted by Gasteiger charge is 2.18. The zero-order valence-corrected chi connectivity index (χ0v) is 11.3. The highest BCUT2D eigenvalue weighted by molar-refractivity contribution is 5.76. The van der Waals surface area contributed by atoms with Crippen LogP contribution in [-0.4, -0.2) is 29.8 Å². The first-order valence-electron chi connectivity index (χ1n) is 6.23. The van der Waals surface area contributed by atoms with Crippen LogP contribution in [0.15, 0.2) is 24.3 Å². The summed E-state index contributed by atoms with van der Waals surface area (Å²) in [6.45, 7) is 3.78. The molecule has 4 nitrogen and oxygen atoms in total. The number of aliphatic hydroxyl groups excluding tert-OH is 1. The number of amides is 1. The second-order valence-corrected chi connectivity index (χ2v) is 5.00. The number of hydrogen-bond acceptors (Lipinski definition) is 3. The number of hydrogen-bond donors (Lipinski definition) is 2. The van der Waals surface area contributed by atoms with Crippen molar-refractivity contribution in [1.82, 2.24) is 5.32 Å². The SMILES string of the molecule is CC(C)(CO)NC(=O)CCCOc1ccc(F)cc1. The maximum absolute atomic E-state index is 12.6. The summed E-state index contributed by atoms with van der Waals surface area (Å²) in [4.78, 5) is 11.5. The fraction of sp³-hybridized carbons (Fsp3) is 0.500. The standard InChI is InChI=1S/C14H20FNO3/c1-14(2,10-17)16-13(18)4-3-9-19-12-7-5-11(15)6-8-12/h5-8,17H,3-4,9-10H2,1-2H3,(H,16,18). The third-order valence-corrected chi connectivity index (χ3v) is 2.50. The smallest absolute Gasteiger partial charge is 0.220 e. The van der Waals surface area contributed by atoms with E-state index in [1.807, 2.05) is 0 Å². The lowest BCUT2D eigenvalue weighted by Gasteiger charge is -2.23. The molecule has 0 aliphatic rings. The van der Waals surface area contributed by atoms with Crippen molar-refractivity contribution in [2.45, 2.75) is 32.2 Å². The molecule has 0 heterocycles. The summed E-state index contributed by atoms with van der Waals surface area (Å²) in [5, 5.41) is 11.7. The highest BCUT2D eigenvalue weighted by atomic mass is 19.1. The largest absolute Gasteiger partial charge is 0.494 e. The van der Waals surface area contributed by atoms with Crippen molar-refractivity contribution in [3.63, 3.8) is 0 Å². The lowest BCUT2D eigenvalue weighted by molar-refractivity contribution is -0.123. The molecule has 0 radical (unpaired) electrons. The number of halogens is 1. The molecule has 106 valence electrons. The van der Waals surface area contributed by atoms with Crippen LogP contribution in [0.25, 0.3) is 0 Å². The van der Waals surface area contributed by atoms with Crippen molar-refractivity contribution in [1.29, 1.82) is 0 Å². The molecule has 19 heavy (non-hydrogen) atoms. The number of rotatable bonds is 7. The van der Waals surface area contributed by atoms with Crippen LogP contribution in [0.3, 0.4) is 0 Å². The minimum atomic E-state index is -0.602. The molecule has 0 spiro atoms. The Balaban J connectivity index is 2.20. The number of nitrogens with one attached hydrogen (secondary N) is 1. The van der Waals surface area contributed by atoms with E-state index in [0.717, 1.165) is 0 Å². The van der Waals surface area contributed by atoms with E-state index in [1.165, 1.54) is 12.1 Å². The van der Waals surface area contributed by atoms with Gasteiger partial charge in [-0.05, 0) is 44.5 Å². The summed E-state index contributed by atoms with van der Waals surface area (Å²) in [6.07, 6.45) is 0.884. The second-order valence-electron chi connectivity index (χ2n) is 5.00. The molecule has 5 heteroatoms. The van der Waals surface area contributed by atoms with Gasteiger partial charge in [-0.15, -0.1) is 0 Å². The molecule has 1 aromatic rings. The Morgan fingerprint density at radius 3 is 2.58 bits per heavy atom. The van der Waals surface area contributed by atoms with Gasteiger partial charge in [0, 0.05) is 6.42 Å². The van der Waals surface area contributed by atoms with Gasteiger partial charge in [-0.1, -0.05) is 0 Å². The van der Waals surface area contributed by atoms with Crippen molar-refractivity contribution in [3.8, 4) is 5.75 Å². The maximum atomic E-state index is 12.6. The Kier molecular flexibility index (Phi) is 5.76. The zero-order chi connectivity index (χ0) is 14.3. The number of aliphatic hydroxyl groups is 1. The third kappa shape index (κ3) is 6.20. The summed E-state index contributed by atoms with van der Waals surface area (Å²) < 4.78 is 18.0. The Morgan fingerprint density at radius 2 is 2.00 bits per heavy atom. The van der Waals surface area contributed by atoms with Crippen molar-refractivity contribution in [3.05, 3.63) is 30.1 Å². The van der Waals surface area contributed by atoms with Crippen LogP contribution < -0.4 is 10.1 Å². The Hall–Kier alpha value is -1.62. The fourth-order valence-corrected chi connectivity index (χ4v) is 1.43. The van der Waals surface area contributed by atoms with Crippen molar-refractivity contribution in [2.24, 2.45) is 0 Å². The molecule has 0 saturated heterocycles. The molecule has 1 aromatic carbocycles. The second kappa shape index (κ2) is 7.09. The van der Waals surface area contributed by atoms with Gasteiger partial charge in [0.25, 0.3) is 0 Å². The van der Waals surface area contributed by atoms with Crippen LogP contribution in [0.4, 0.5) is 4.39 Å². The van der Waals surface area contributed by atoms with Crippen LogP contribution in [0.5, 0.6) is 5.75 Å². The average Bonchev–Trinajstić information content (AvgIpc) is 2.36. The van der Waals surface area contributed by atoms with Gasteiger partial charge in [-0.3, -0.25) is 4.79 Å². The van der Waals surface area contributed by atoms with E-state index in [9.17, 15) is 9.18 Å². The third-order valence-electron chi connectivity index (χ3n) is 2.50. The summed E-state index contributed by atoms with van der Waals surface area (Å²) in [6, 6.07) is 5.74. The molecule has 0 aliphatic carbocycles. The molecular formula is C14H20FNO3. The van der Waals surface area contributed by atoms with E-state index in [1.54, 1.807) is 26.0 Å². The van der Waals surface area contributed by atoms with Gasteiger partial charge in [-0.25, -0.2) is 4.39 Å². The highest BCUT2D eigenvalue weighted by Crippen LogP contribution is 2.11. The van der Waals surface area contributed by atoms with E-state index < -0.39 is 5.54 Å². The number of ether oxygens (including phenoxy) is 1. The van der Waals surface area contributed by atoms with Crippen LogP contribution in [0, 0.1) is 5.82 Å². The molecule has 1 amide bonds. The Labute approximate surface area is 112 Å². The van der Waals surface area contributed by atoms with Crippen molar-refractivity contribution < 1.29 is 19.0 Å². The van der Waals surface area contributed by atoms with Crippen LogP contribution in [0.2, 0.25) is 0 Å². The van der Waals surface area contributed by atoms with Gasteiger partial charge in [0.05, 0.1) is 18.8 Å². The predicted octanol–water partition coefficient (Wildman–Crippen LogP) is 1.87. The van der Waals surface area contributed by atoms with E-state index in [2.05, 4.69) is 5.32 Å². The molecule has 0 atom stereocenters. The molecule has 0 unspecified atom stereocenters. The van der Waals surface area contributed by atoms with Gasteiger partial charge >= 0.3 is 0 Å². The van der Waals surface area contributed by atoms with Crippen molar-refractivity contribution in [2.75, 3.05) is 13.2 Å². The number of benzene rings is 1. The Morgan fingerprint density at radius 1 is 1.37 bits per heavy atom. The topological polar surface area (TPSA) is 58.6 Å². The first-order chi connectivity index (χ1) is 8.93. The number of carbonyl (C=O) groups is 1. The monoisotopic (exact) mass is 269 g/mol. The first-order valence-corrected chi connectivity index (χ1v) is 6.23. The minimum absolute atomic E-state index is 0.106. The van der Waals surface area contributed by atoms with Gasteiger partial charge in [0.15, 0.2) is 0 Å². The summed E-state index contributed by atoms with van der Waals surface area (Å²) in [5.74, 6) is 0.150. The molecular weight excluding hydrogens is 249 g/mol. The van der Waals surface area contributed by atoms with E-state index in [4.69, 9.17) is 9.84 Å². The van der Waals surface area contributed by atoms with Crippen LogP contribution in [0.1, 0.15) is 26.7 Å². The van der Waals surface area contributed by atoms with Crippen molar-refractivity contribution >= 4 is 5.91 Å². The zero-order valence-electron chi connectivity index (χ0n) is 11.3. The first kappa shape index (κ1) is 15.4. The quantitative estimate of drug-likeness (QED) is 0.743. The lowest BCUT2D eigenvalue weighted by atomic mass is 10.1. The molecule has 1 rings (SSSR count). The van der Waals surface area contributed by atoms with Gasteiger partial charge in [-0.2, -0.15) is 0 Å². The summed E-state index contributed by atoms with van der Waals surface area (Å²) >= 11 is 0. The lowest BCUT2D eigenvalue weighted by Crippen LogP contribution is -2.46. The molecule has 0 bridgehead atoms. The predicted molar refractivity (Wildman–Crippen MR) is 70.4 cm³/mol. The van der Waals surface area contributed by atoms with Crippen LogP contribution in [-0.2, 0) is 4.79 Å². The van der Waals surface area contributed by atoms with E-state index >= 15 is 0 Å². The summed E-state index contributed by atoms with van der Waals surface area (Å²) in [7, 11) is 0. The van der Waals surface area contributed by atoms with Gasteiger partial charge in [0.1, 0.15) is 11.6 Å². The number of carbonyl (C=O) groups excluding carboxylic acids is 1. The van der Waals surface area contributed by atoms with E-state index in [0.29, 0.717) is 25.2 Å². The molecule has 0 saturated carbocycles. The van der Waals surface area contributed by atoms with Gasteiger partial charge in [0.2, 0.25) is 5.91 Å². The molecule has 0 aromatic heterocycles. The van der Waals surface area contributed by atoms with Gasteiger partial charge < -0.3 is 15.2 Å². The van der Waals surface area contributed by atoms with Crippen LogP contribution >= 0.6 is 0 Å². The maximum Gasteiger partial charge on any atom is 0.220 e.